The van der Waals surface area contributed by atoms with E-state index in [4.69, 9.17) is 10.8 Å². The first kappa shape index (κ1) is 11.5. The molecule has 0 aliphatic rings. The van der Waals surface area contributed by atoms with Crippen LogP contribution in [0.15, 0.2) is 4.79 Å². The second-order valence-electron chi connectivity index (χ2n) is 3.08. The zero-order chi connectivity index (χ0) is 12.6. The second-order valence-corrected chi connectivity index (χ2v) is 3.64. The number of anilines is 1. The van der Waals surface area contributed by atoms with Crippen molar-refractivity contribution in [3.63, 3.8) is 0 Å². The Kier molecular flexibility index (Phi) is 2.76. The van der Waals surface area contributed by atoms with Gasteiger partial charge in [-0.1, -0.05) is 15.9 Å². The molecule has 17 heavy (non-hydrogen) atoms. The van der Waals surface area contributed by atoms with Crippen molar-refractivity contribution in [2.75, 3.05) is 5.73 Å². The molecule has 4 N–H and O–H groups in total. The van der Waals surface area contributed by atoms with Gasteiger partial charge in [0.05, 0.1) is 5.69 Å². The van der Waals surface area contributed by atoms with Crippen LogP contribution < -0.4 is 11.3 Å². The molecular formula is C8H6BrN5O3. The van der Waals surface area contributed by atoms with Gasteiger partial charge in [0.25, 0.3) is 5.56 Å². The van der Waals surface area contributed by atoms with Gasteiger partial charge < -0.3 is 10.8 Å². The maximum Gasteiger partial charge on any atom is 0.356 e. The Labute approximate surface area is 102 Å². The van der Waals surface area contributed by atoms with Crippen LogP contribution in [0.5, 0.6) is 0 Å². The lowest BCUT2D eigenvalue weighted by molar-refractivity contribution is 0.0689. The summed E-state index contributed by atoms with van der Waals surface area (Å²) in [5.74, 6) is -1.38. The van der Waals surface area contributed by atoms with Crippen LogP contribution in [0.3, 0.4) is 0 Å². The highest BCUT2D eigenvalue weighted by molar-refractivity contribution is 9.08. The van der Waals surface area contributed by atoms with E-state index >= 15 is 0 Å². The van der Waals surface area contributed by atoms with Gasteiger partial charge in [0, 0.05) is 5.33 Å². The molecule has 0 unspecified atom stereocenters. The summed E-state index contributed by atoms with van der Waals surface area (Å²) >= 11 is 3.08. The first-order valence-electron chi connectivity index (χ1n) is 4.38. The zero-order valence-electron chi connectivity index (χ0n) is 8.27. The highest BCUT2D eigenvalue weighted by atomic mass is 79.9. The molecule has 0 aliphatic heterocycles. The fourth-order valence-corrected chi connectivity index (χ4v) is 1.66. The van der Waals surface area contributed by atoms with Crippen LogP contribution in [0, 0.1) is 0 Å². The van der Waals surface area contributed by atoms with Crippen LogP contribution in [0.25, 0.3) is 11.2 Å². The largest absolute Gasteiger partial charge is 0.476 e. The number of nitrogens with zero attached hydrogens (tertiary/aromatic N) is 3. The van der Waals surface area contributed by atoms with Gasteiger partial charge >= 0.3 is 5.97 Å². The number of alkyl halides is 1. The quantitative estimate of drug-likeness (QED) is 0.658. The molecular weight excluding hydrogens is 294 g/mol. The number of fused-ring (bicyclic) bond motifs is 1. The van der Waals surface area contributed by atoms with Crippen LogP contribution in [0.4, 0.5) is 5.95 Å². The van der Waals surface area contributed by atoms with E-state index < -0.39 is 11.5 Å². The first-order chi connectivity index (χ1) is 8.02. The van der Waals surface area contributed by atoms with E-state index in [2.05, 4.69) is 35.9 Å². The number of H-pyrrole nitrogens is 1. The fourth-order valence-electron chi connectivity index (χ4n) is 1.27. The average Bonchev–Trinajstić information content (AvgIpc) is 2.27. The number of nitrogens with one attached hydrogen (secondary N) is 1. The van der Waals surface area contributed by atoms with Crippen molar-refractivity contribution in [2.45, 2.75) is 5.33 Å². The summed E-state index contributed by atoms with van der Waals surface area (Å²) in [4.78, 5) is 36.1. The minimum Gasteiger partial charge on any atom is -0.476 e. The first-order valence-corrected chi connectivity index (χ1v) is 5.50. The molecule has 0 atom stereocenters. The van der Waals surface area contributed by atoms with Crippen LogP contribution in [-0.4, -0.2) is 31.0 Å². The molecule has 2 aromatic rings. The number of rotatable bonds is 2. The number of hydrogen-bond donors (Lipinski definition) is 3. The molecule has 0 radical (unpaired) electrons. The normalized spacial score (nSPS) is 10.6. The van der Waals surface area contributed by atoms with Crippen LogP contribution in [0.1, 0.15) is 16.2 Å². The number of carbonyl (C=O) groups is 1. The number of halogens is 1. The number of hydrogen-bond acceptors (Lipinski definition) is 6. The second kappa shape index (κ2) is 4.09. The Morgan fingerprint density at radius 1 is 1.41 bits per heavy atom. The van der Waals surface area contributed by atoms with Gasteiger partial charge in [0.2, 0.25) is 5.95 Å². The summed E-state index contributed by atoms with van der Waals surface area (Å²) in [6.07, 6.45) is 0. The van der Waals surface area contributed by atoms with Gasteiger partial charge in [-0.3, -0.25) is 9.78 Å². The Bertz CT molecular complexity index is 668. The van der Waals surface area contributed by atoms with Gasteiger partial charge in [-0.05, 0) is 0 Å². The SMILES string of the molecule is Nc1nc2nc(C(=O)O)c(CBr)nc2c(=O)[nH]1. The van der Waals surface area contributed by atoms with E-state index in [1.165, 1.54) is 0 Å². The number of nitrogens with two attached hydrogens (primary N) is 1. The number of aromatic nitrogens is 4. The van der Waals surface area contributed by atoms with Crippen molar-refractivity contribution in [3.8, 4) is 0 Å². The third-order valence-electron chi connectivity index (χ3n) is 1.96. The van der Waals surface area contributed by atoms with Crippen LogP contribution in [-0.2, 0) is 5.33 Å². The molecule has 0 bridgehead atoms. The van der Waals surface area contributed by atoms with Crippen molar-refractivity contribution >= 4 is 39.0 Å². The molecule has 0 saturated heterocycles. The molecule has 88 valence electrons. The Morgan fingerprint density at radius 3 is 2.71 bits per heavy atom. The summed E-state index contributed by atoms with van der Waals surface area (Å²) in [6.45, 7) is 0. The maximum atomic E-state index is 11.5. The van der Waals surface area contributed by atoms with Gasteiger partial charge in [0.1, 0.15) is 0 Å². The van der Waals surface area contributed by atoms with E-state index in [9.17, 15) is 9.59 Å². The minimum absolute atomic E-state index is 0.0429. The van der Waals surface area contributed by atoms with Crippen molar-refractivity contribution in [2.24, 2.45) is 0 Å². The maximum absolute atomic E-state index is 11.5. The smallest absolute Gasteiger partial charge is 0.356 e. The predicted octanol–water partition coefficient (Wildman–Crippen LogP) is -0.112. The highest BCUT2D eigenvalue weighted by Gasteiger charge is 2.16. The Hall–Kier alpha value is -2.03. The number of nitrogen functional groups attached to an aromatic ring is 1. The van der Waals surface area contributed by atoms with E-state index in [0.717, 1.165) is 0 Å². The molecule has 2 rings (SSSR count). The fraction of sp³-hybridized carbons (Fsp3) is 0.125. The van der Waals surface area contributed by atoms with Gasteiger partial charge in [-0.2, -0.15) is 4.98 Å². The molecule has 0 spiro atoms. The standard InChI is InChI=1S/C8H6BrN5O3/c9-1-2-3(7(16)17)12-5-4(11-2)6(15)14-8(10)13-5/h1H2,(H,16,17)(H3,10,12,13,14,15). The molecule has 2 heterocycles. The highest BCUT2D eigenvalue weighted by Crippen LogP contribution is 2.11. The predicted molar refractivity (Wildman–Crippen MR) is 62.0 cm³/mol. The van der Waals surface area contributed by atoms with E-state index in [-0.39, 0.29) is 33.8 Å². The number of aromatic carboxylic acids is 1. The number of aromatic amines is 1. The summed E-state index contributed by atoms with van der Waals surface area (Å²) < 4.78 is 0. The van der Waals surface area contributed by atoms with E-state index in [1.807, 2.05) is 0 Å². The Balaban J connectivity index is 2.88. The van der Waals surface area contributed by atoms with E-state index in [0.29, 0.717) is 0 Å². The number of carboxylic acid groups (broad SMARTS) is 1. The molecule has 0 fully saturated rings. The number of carboxylic acids is 1. The van der Waals surface area contributed by atoms with Crippen LogP contribution in [0.2, 0.25) is 0 Å². The molecule has 0 saturated carbocycles. The molecule has 0 amide bonds. The van der Waals surface area contributed by atoms with Gasteiger partial charge in [-0.15, -0.1) is 0 Å². The average molecular weight is 300 g/mol. The summed E-state index contributed by atoms with van der Waals surface area (Å²) in [7, 11) is 0. The van der Waals surface area contributed by atoms with Crippen molar-refractivity contribution in [1.29, 1.82) is 0 Å². The van der Waals surface area contributed by atoms with E-state index in [1.54, 1.807) is 0 Å². The molecule has 0 aliphatic carbocycles. The monoisotopic (exact) mass is 299 g/mol. The molecule has 8 nitrogen and oxygen atoms in total. The lowest BCUT2D eigenvalue weighted by Gasteiger charge is -2.03. The van der Waals surface area contributed by atoms with Crippen molar-refractivity contribution in [3.05, 3.63) is 21.7 Å². The molecule has 2 aromatic heterocycles. The summed E-state index contributed by atoms with van der Waals surface area (Å²) in [5.41, 5.74) is 4.54. The topological polar surface area (TPSA) is 135 Å². The lowest BCUT2D eigenvalue weighted by Crippen LogP contribution is -2.17. The molecule has 9 heteroatoms. The van der Waals surface area contributed by atoms with Crippen molar-refractivity contribution < 1.29 is 9.90 Å². The van der Waals surface area contributed by atoms with Gasteiger partial charge in [0.15, 0.2) is 16.9 Å². The van der Waals surface area contributed by atoms with Crippen LogP contribution >= 0.6 is 15.9 Å². The third kappa shape index (κ3) is 1.96. The third-order valence-corrected chi connectivity index (χ3v) is 2.49. The minimum atomic E-state index is -1.24. The lowest BCUT2D eigenvalue weighted by atomic mass is 10.3. The van der Waals surface area contributed by atoms with Gasteiger partial charge in [-0.25, -0.2) is 14.8 Å². The molecule has 0 aromatic carbocycles. The zero-order valence-corrected chi connectivity index (χ0v) is 9.85. The summed E-state index contributed by atoms with van der Waals surface area (Å²) in [5, 5.41) is 9.09. The summed E-state index contributed by atoms with van der Waals surface area (Å²) in [6, 6.07) is 0. The Morgan fingerprint density at radius 2 is 2.12 bits per heavy atom. The van der Waals surface area contributed by atoms with Crippen molar-refractivity contribution in [1.82, 2.24) is 19.9 Å².